The third-order valence-corrected chi connectivity index (χ3v) is 3.15. The van der Waals surface area contributed by atoms with Gasteiger partial charge in [-0.05, 0) is 30.7 Å². The van der Waals surface area contributed by atoms with Crippen LogP contribution in [-0.2, 0) is 0 Å². The fourth-order valence-electron chi connectivity index (χ4n) is 1.79. The zero-order valence-corrected chi connectivity index (χ0v) is 12.0. The molecule has 0 aliphatic carbocycles. The highest BCUT2D eigenvalue weighted by Gasteiger charge is 2.13. The number of halogens is 1. The number of aliphatic imine (C=N–C) groups is 1. The zero-order chi connectivity index (χ0) is 15.2. The van der Waals surface area contributed by atoms with E-state index in [1.54, 1.807) is 30.3 Å². The molecule has 0 aromatic heterocycles. The average Bonchev–Trinajstić information content (AvgIpc) is 2.50. The number of amidine groups is 1. The molecular weight excluding hydrogens is 290 g/mol. The van der Waals surface area contributed by atoms with Crippen molar-refractivity contribution >= 4 is 28.8 Å². The molecule has 0 spiro atoms. The monoisotopic (exact) mass is 303 g/mol. The molecule has 0 fully saturated rings. The normalized spacial score (nSPS) is 12.3. The van der Waals surface area contributed by atoms with E-state index in [0.29, 0.717) is 16.3 Å². The van der Waals surface area contributed by atoms with Gasteiger partial charge in [-0.2, -0.15) is 0 Å². The topological polar surface area (TPSA) is 77.2 Å². The van der Waals surface area contributed by atoms with Crippen LogP contribution in [0.5, 0.6) is 0 Å². The van der Waals surface area contributed by atoms with Gasteiger partial charge in [0.25, 0.3) is 0 Å². The van der Waals surface area contributed by atoms with Crippen LogP contribution in [0.4, 0.5) is 5.69 Å². The van der Waals surface area contributed by atoms with Crippen molar-refractivity contribution in [2.24, 2.45) is 10.1 Å². The van der Waals surface area contributed by atoms with Crippen LogP contribution in [-0.4, -0.2) is 22.0 Å². The molecule has 108 valence electrons. The molecule has 0 unspecified atom stereocenters. The molecule has 0 heterocycles. The first-order valence-corrected chi connectivity index (χ1v) is 6.56. The molecule has 0 aliphatic rings. The van der Waals surface area contributed by atoms with Gasteiger partial charge in [-0.25, -0.2) is 4.99 Å². The Morgan fingerprint density at radius 2 is 1.76 bits per heavy atom. The maximum absolute atomic E-state index is 9.30. The van der Waals surface area contributed by atoms with Gasteiger partial charge in [0, 0.05) is 10.6 Å². The van der Waals surface area contributed by atoms with Crippen LogP contribution in [0.2, 0.25) is 5.02 Å². The molecule has 6 heteroatoms. The Hall–Kier alpha value is -2.37. The van der Waals surface area contributed by atoms with Gasteiger partial charge in [0.1, 0.15) is 0 Å². The molecule has 0 radical (unpaired) electrons. The van der Waals surface area contributed by atoms with Crippen molar-refractivity contribution in [3.05, 3.63) is 64.7 Å². The van der Waals surface area contributed by atoms with Gasteiger partial charge in [0.15, 0.2) is 11.5 Å². The van der Waals surface area contributed by atoms with Gasteiger partial charge >= 0.3 is 0 Å². The Balaban J connectivity index is 2.44. The molecule has 21 heavy (non-hydrogen) atoms. The Bertz CT molecular complexity index is 682. The summed E-state index contributed by atoms with van der Waals surface area (Å²) >= 11 is 5.83. The molecule has 0 bridgehead atoms. The van der Waals surface area contributed by atoms with E-state index in [2.05, 4.69) is 10.1 Å². The number of hydrogen-bond acceptors (Lipinski definition) is 4. The van der Waals surface area contributed by atoms with Crippen LogP contribution in [0, 0.1) is 6.92 Å². The van der Waals surface area contributed by atoms with Crippen LogP contribution in [0.25, 0.3) is 0 Å². The first kappa shape index (κ1) is 15.0. The number of hydroxylamine groups is 1. The molecule has 0 saturated carbocycles. The van der Waals surface area contributed by atoms with Crippen LogP contribution in [0.1, 0.15) is 11.1 Å². The summed E-state index contributed by atoms with van der Waals surface area (Å²) in [5.41, 5.74) is 4.23. The van der Waals surface area contributed by atoms with Crippen LogP contribution < -0.4 is 5.48 Å². The smallest absolute Gasteiger partial charge is 0.180 e. The minimum Gasteiger partial charge on any atom is -0.410 e. The molecule has 0 saturated heterocycles. The summed E-state index contributed by atoms with van der Waals surface area (Å²) in [7, 11) is 0. The minimum absolute atomic E-state index is 0.0362. The van der Waals surface area contributed by atoms with E-state index in [-0.39, 0.29) is 11.5 Å². The van der Waals surface area contributed by atoms with Gasteiger partial charge in [-0.3, -0.25) is 10.7 Å². The number of oxime groups is 1. The van der Waals surface area contributed by atoms with E-state index >= 15 is 0 Å². The summed E-state index contributed by atoms with van der Waals surface area (Å²) in [6, 6.07) is 14.1. The number of hydrogen-bond donors (Lipinski definition) is 3. The second-order valence-corrected chi connectivity index (χ2v) is 4.75. The fraction of sp³-hybridized carbons (Fsp3) is 0.0667. The summed E-state index contributed by atoms with van der Waals surface area (Å²) in [6.45, 7) is 1.89. The number of nitrogens with one attached hydrogen (secondary N) is 1. The van der Waals surface area contributed by atoms with E-state index in [0.717, 1.165) is 5.56 Å². The second-order valence-electron chi connectivity index (χ2n) is 4.31. The van der Waals surface area contributed by atoms with Crippen molar-refractivity contribution in [1.29, 1.82) is 0 Å². The third-order valence-electron chi connectivity index (χ3n) is 2.90. The van der Waals surface area contributed by atoms with Crippen molar-refractivity contribution in [3.63, 3.8) is 0 Å². The van der Waals surface area contributed by atoms with E-state index < -0.39 is 0 Å². The lowest BCUT2D eigenvalue weighted by molar-refractivity contribution is 0.236. The lowest BCUT2D eigenvalue weighted by Crippen LogP contribution is -2.29. The van der Waals surface area contributed by atoms with Crippen LogP contribution in [0.15, 0.2) is 58.7 Å². The van der Waals surface area contributed by atoms with Gasteiger partial charge in [0.2, 0.25) is 0 Å². The molecule has 5 nitrogen and oxygen atoms in total. The first-order valence-electron chi connectivity index (χ1n) is 6.18. The van der Waals surface area contributed by atoms with Gasteiger partial charge in [0.05, 0.1) is 5.69 Å². The molecule has 3 N–H and O–H groups in total. The fourth-order valence-corrected chi connectivity index (χ4v) is 1.92. The number of rotatable bonds is 3. The first-order chi connectivity index (χ1) is 10.2. The average molecular weight is 304 g/mol. The van der Waals surface area contributed by atoms with Crippen molar-refractivity contribution in [2.75, 3.05) is 0 Å². The lowest BCUT2D eigenvalue weighted by Gasteiger charge is -2.08. The Morgan fingerprint density at radius 1 is 1.10 bits per heavy atom. The number of para-hydroxylation sites is 1. The van der Waals surface area contributed by atoms with E-state index in [4.69, 9.17) is 11.6 Å². The highest BCUT2D eigenvalue weighted by molar-refractivity contribution is 6.47. The number of benzene rings is 2. The van der Waals surface area contributed by atoms with Gasteiger partial charge < -0.3 is 5.21 Å². The highest BCUT2D eigenvalue weighted by Crippen LogP contribution is 2.18. The van der Waals surface area contributed by atoms with Gasteiger partial charge in [-0.15, -0.1) is 0 Å². The van der Waals surface area contributed by atoms with Crippen LogP contribution >= 0.6 is 11.6 Å². The second kappa shape index (κ2) is 6.88. The summed E-state index contributed by atoms with van der Waals surface area (Å²) in [5, 5.41) is 22.3. The van der Waals surface area contributed by atoms with E-state index in [1.165, 1.54) is 0 Å². The summed E-state index contributed by atoms with van der Waals surface area (Å²) in [4.78, 5) is 4.28. The number of aryl methyl sites for hydroxylation is 1. The molecule has 2 rings (SSSR count). The standard InChI is InChI=1S/C15H14ClN3O2/c1-10-4-2-3-5-13(10)17-15(19-21)14(18-20)11-6-8-12(16)9-7-11/h2-9,20-21H,1H3,(H,17,19)/b18-14+. The zero-order valence-electron chi connectivity index (χ0n) is 11.3. The van der Waals surface area contributed by atoms with Crippen molar-refractivity contribution in [3.8, 4) is 0 Å². The van der Waals surface area contributed by atoms with Crippen molar-refractivity contribution < 1.29 is 10.4 Å². The summed E-state index contributed by atoms with van der Waals surface area (Å²) in [5.74, 6) is 0.0362. The third kappa shape index (κ3) is 3.59. The molecular formula is C15H14ClN3O2. The number of nitrogens with zero attached hydrogens (tertiary/aromatic N) is 2. The predicted octanol–water partition coefficient (Wildman–Crippen LogP) is 3.54. The van der Waals surface area contributed by atoms with Gasteiger partial charge in [-0.1, -0.05) is 47.1 Å². The van der Waals surface area contributed by atoms with Crippen molar-refractivity contribution in [1.82, 2.24) is 5.48 Å². The Morgan fingerprint density at radius 3 is 2.33 bits per heavy atom. The quantitative estimate of drug-likeness (QED) is 0.351. The largest absolute Gasteiger partial charge is 0.410 e. The minimum atomic E-state index is 0.0362. The molecule has 0 atom stereocenters. The Kier molecular flexibility index (Phi) is 4.92. The van der Waals surface area contributed by atoms with E-state index in [9.17, 15) is 10.4 Å². The molecule has 0 aliphatic heterocycles. The van der Waals surface area contributed by atoms with Crippen LogP contribution in [0.3, 0.4) is 0 Å². The van der Waals surface area contributed by atoms with Crippen molar-refractivity contribution in [2.45, 2.75) is 6.92 Å². The molecule has 0 amide bonds. The summed E-state index contributed by atoms with van der Waals surface area (Å²) in [6.07, 6.45) is 0. The summed E-state index contributed by atoms with van der Waals surface area (Å²) < 4.78 is 0. The van der Waals surface area contributed by atoms with E-state index in [1.807, 2.05) is 30.6 Å². The molecule has 2 aromatic rings. The predicted molar refractivity (Wildman–Crippen MR) is 83.0 cm³/mol. The Labute approximate surface area is 127 Å². The molecule has 2 aromatic carbocycles. The highest BCUT2D eigenvalue weighted by atomic mass is 35.5. The maximum Gasteiger partial charge on any atom is 0.180 e. The maximum atomic E-state index is 9.30. The SMILES string of the molecule is Cc1ccccc1N=C(NO)/C(=N/O)c1ccc(Cl)cc1. The lowest BCUT2D eigenvalue weighted by atomic mass is 10.1.